The molecule has 1 aromatic rings. The Hall–Kier alpha value is -1.06. The molecule has 1 N–H and O–H groups in total. The summed E-state index contributed by atoms with van der Waals surface area (Å²) in [5.74, 6) is 2.42. The highest BCUT2D eigenvalue weighted by Gasteiger charge is 2.22. The summed E-state index contributed by atoms with van der Waals surface area (Å²) in [6, 6.07) is 8.62. The smallest absolute Gasteiger partial charge is 0.193 e. The summed E-state index contributed by atoms with van der Waals surface area (Å²) in [5, 5.41) is 3.58. The van der Waals surface area contributed by atoms with Gasteiger partial charge in [0.25, 0.3) is 0 Å². The Morgan fingerprint density at radius 2 is 2.11 bits per heavy atom. The highest BCUT2D eigenvalue weighted by molar-refractivity contribution is 14.0. The minimum atomic E-state index is 0. The van der Waals surface area contributed by atoms with E-state index in [1.807, 2.05) is 13.1 Å². The Bertz CT molecular complexity index is 590. The average molecular weight is 504 g/mol. The lowest BCUT2D eigenvalue weighted by molar-refractivity contribution is 0.181. The highest BCUT2D eigenvalue weighted by atomic mass is 127. The molecule has 1 aliphatic rings. The van der Waals surface area contributed by atoms with Gasteiger partial charge in [-0.2, -0.15) is 0 Å². The highest BCUT2D eigenvalue weighted by Crippen LogP contribution is 2.24. The number of aliphatic imine (C=N–C) groups is 1. The maximum Gasteiger partial charge on any atom is 0.193 e. The molecule has 0 aromatic heterocycles. The molecule has 28 heavy (non-hydrogen) atoms. The number of likely N-dealkylation sites (N-methyl/N-ethyl adjacent to an activating group) is 1. The van der Waals surface area contributed by atoms with Crippen molar-refractivity contribution < 1.29 is 9.47 Å². The molecule has 2 atom stereocenters. The first-order valence-electron chi connectivity index (χ1n) is 10.00. The molecule has 0 radical (unpaired) electrons. The largest absolute Gasteiger partial charge is 0.497 e. The molecular formula is C21H37IN4O2. The van der Waals surface area contributed by atoms with Crippen molar-refractivity contribution in [3.63, 3.8) is 0 Å². The van der Waals surface area contributed by atoms with Crippen LogP contribution in [0.1, 0.15) is 31.9 Å². The van der Waals surface area contributed by atoms with Gasteiger partial charge in [0.15, 0.2) is 5.96 Å². The van der Waals surface area contributed by atoms with E-state index in [9.17, 15) is 0 Å². The number of rotatable bonds is 9. The Balaban J connectivity index is 0.00000392. The third-order valence-electron chi connectivity index (χ3n) is 5.31. The number of nitrogens with one attached hydrogen (secondary N) is 1. The lowest BCUT2D eigenvalue weighted by atomic mass is 10.0. The molecule has 1 heterocycles. The minimum absolute atomic E-state index is 0. The summed E-state index contributed by atoms with van der Waals surface area (Å²) < 4.78 is 10.9. The van der Waals surface area contributed by atoms with Crippen LogP contribution in [0.2, 0.25) is 0 Å². The van der Waals surface area contributed by atoms with E-state index in [-0.39, 0.29) is 30.0 Å². The molecular weight excluding hydrogens is 467 g/mol. The lowest BCUT2D eigenvalue weighted by Gasteiger charge is -2.32. The number of benzene rings is 1. The molecule has 7 heteroatoms. The first kappa shape index (κ1) is 25.0. The molecule has 0 bridgehead atoms. The molecule has 6 nitrogen and oxygen atoms in total. The van der Waals surface area contributed by atoms with Gasteiger partial charge in [-0.25, -0.2) is 0 Å². The maximum atomic E-state index is 5.50. The Morgan fingerprint density at radius 1 is 1.36 bits per heavy atom. The molecule has 0 spiro atoms. The van der Waals surface area contributed by atoms with Crippen LogP contribution < -0.4 is 10.1 Å². The van der Waals surface area contributed by atoms with E-state index in [1.165, 1.54) is 5.56 Å². The second-order valence-electron chi connectivity index (χ2n) is 7.05. The van der Waals surface area contributed by atoms with E-state index in [0.717, 1.165) is 57.5 Å². The van der Waals surface area contributed by atoms with Crippen LogP contribution in [0.3, 0.4) is 0 Å². The van der Waals surface area contributed by atoms with Gasteiger partial charge < -0.3 is 19.7 Å². The van der Waals surface area contributed by atoms with Gasteiger partial charge in [0, 0.05) is 39.7 Å². The number of guanidine groups is 1. The molecule has 1 saturated heterocycles. The first-order valence-corrected chi connectivity index (χ1v) is 10.00. The van der Waals surface area contributed by atoms with E-state index in [2.05, 4.69) is 59.2 Å². The van der Waals surface area contributed by atoms with Gasteiger partial charge in [-0.3, -0.25) is 9.89 Å². The average Bonchev–Trinajstić information content (AvgIpc) is 3.20. The standard InChI is InChI=1S/C21H36N4O2.HI/c1-6-25(7-2)20(18-9-8-10-19(13-18)26-5)14-23-21(22-3)24(4)15-17-11-12-27-16-17;/h8-10,13,17,20H,6-7,11-12,14-16H2,1-5H3,(H,22,23);1H. The van der Waals surface area contributed by atoms with Gasteiger partial charge in [-0.1, -0.05) is 26.0 Å². The van der Waals surface area contributed by atoms with Gasteiger partial charge in [0.05, 0.1) is 19.8 Å². The molecule has 0 amide bonds. The molecule has 1 aliphatic heterocycles. The predicted molar refractivity (Wildman–Crippen MR) is 127 cm³/mol. The van der Waals surface area contributed by atoms with Crippen LogP contribution in [0.4, 0.5) is 0 Å². The molecule has 1 aromatic carbocycles. The van der Waals surface area contributed by atoms with Crippen LogP contribution in [0.5, 0.6) is 5.75 Å². The second-order valence-corrected chi connectivity index (χ2v) is 7.05. The fourth-order valence-corrected chi connectivity index (χ4v) is 3.74. The summed E-state index contributed by atoms with van der Waals surface area (Å²) in [6.45, 7) is 9.90. The van der Waals surface area contributed by atoms with E-state index in [1.54, 1.807) is 7.11 Å². The molecule has 0 aliphatic carbocycles. The van der Waals surface area contributed by atoms with E-state index in [4.69, 9.17) is 9.47 Å². The van der Waals surface area contributed by atoms with Crippen LogP contribution in [-0.2, 0) is 4.74 Å². The van der Waals surface area contributed by atoms with Crippen LogP contribution in [0.25, 0.3) is 0 Å². The number of methoxy groups -OCH3 is 1. The van der Waals surface area contributed by atoms with Crippen LogP contribution >= 0.6 is 24.0 Å². The van der Waals surface area contributed by atoms with Crippen molar-refractivity contribution in [1.29, 1.82) is 0 Å². The molecule has 1 fully saturated rings. The Labute approximate surface area is 187 Å². The number of halogens is 1. The third-order valence-corrected chi connectivity index (χ3v) is 5.31. The summed E-state index contributed by atoms with van der Waals surface area (Å²) in [7, 11) is 5.67. The monoisotopic (exact) mass is 504 g/mol. The van der Waals surface area contributed by atoms with Gasteiger partial charge in [0.1, 0.15) is 5.75 Å². The van der Waals surface area contributed by atoms with Crippen LogP contribution in [-0.4, -0.2) is 76.4 Å². The summed E-state index contributed by atoms with van der Waals surface area (Å²) in [5.41, 5.74) is 1.26. The lowest BCUT2D eigenvalue weighted by Crippen LogP contribution is -2.45. The topological polar surface area (TPSA) is 49.3 Å². The number of nitrogens with zero attached hydrogens (tertiary/aromatic N) is 3. The van der Waals surface area contributed by atoms with Crippen molar-refractivity contribution in [1.82, 2.24) is 15.1 Å². The third kappa shape index (κ3) is 7.08. The summed E-state index contributed by atoms with van der Waals surface area (Å²) in [4.78, 5) is 9.16. The number of hydrogen-bond donors (Lipinski definition) is 1. The summed E-state index contributed by atoms with van der Waals surface area (Å²) >= 11 is 0. The molecule has 0 saturated carbocycles. The second kappa shape index (κ2) is 13.2. The zero-order valence-corrected chi connectivity index (χ0v) is 20.3. The van der Waals surface area contributed by atoms with Crippen molar-refractivity contribution in [2.45, 2.75) is 26.3 Å². The zero-order valence-electron chi connectivity index (χ0n) is 18.0. The molecule has 2 rings (SSSR count). The zero-order chi connectivity index (χ0) is 19.6. The van der Waals surface area contributed by atoms with E-state index >= 15 is 0 Å². The normalized spacial score (nSPS) is 17.9. The fraction of sp³-hybridized carbons (Fsp3) is 0.667. The fourth-order valence-electron chi connectivity index (χ4n) is 3.74. The van der Waals surface area contributed by atoms with Gasteiger partial charge >= 0.3 is 0 Å². The molecule has 160 valence electrons. The van der Waals surface area contributed by atoms with Crippen LogP contribution in [0, 0.1) is 5.92 Å². The van der Waals surface area contributed by atoms with Crippen molar-refractivity contribution in [3.05, 3.63) is 29.8 Å². The minimum Gasteiger partial charge on any atom is -0.497 e. The number of hydrogen-bond acceptors (Lipinski definition) is 4. The Kier molecular flexibility index (Phi) is 11.8. The van der Waals surface area contributed by atoms with E-state index in [0.29, 0.717) is 5.92 Å². The van der Waals surface area contributed by atoms with Gasteiger partial charge in [-0.05, 0) is 37.2 Å². The maximum absolute atomic E-state index is 5.50. The van der Waals surface area contributed by atoms with Crippen molar-refractivity contribution in [2.24, 2.45) is 10.9 Å². The van der Waals surface area contributed by atoms with Gasteiger partial charge in [-0.15, -0.1) is 24.0 Å². The number of ether oxygens (including phenoxy) is 2. The van der Waals surface area contributed by atoms with Gasteiger partial charge in [0.2, 0.25) is 0 Å². The summed E-state index contributed by atoms with van der Waals surface area (Å²) in [6.07, 6.45) is 1.13. The van der Waals surface area contributed by atoms with Crippen molar-refractivity contribution in [2.75, 3.05) is 60.6 Å². The quantitative estimate of drug-likeness (QED) is 0.318. The first-order chi connectivity index (χ1) is 13.1. The Morgan fingerprint density at radius 3 is 2.68 bits per heavy atom. The molecule has 2 unspecified atom stereocenters. The van der Waals surface area contributed by atoms with E-state index < -0.39 is 0 Å². The van der Waals surface area contributed by atoms with Crippen molar-refractivity contribution >= 4 is 29.9 Å². The predicted octanol–water partition coefficient (Wildman–Crippen LogP) is 3.24. The van der Waals surface area contributed by atoms with Crippen LogP contribution in [0.15, 0.2) is 29.3 Å². The van der Waals surface area contributed by atoms with Crippen molar-refractivity contribution in [3.8, 4) is 5.75 Å². The SMILES string of the molecule is CCN(CC)C(CNC(=NC)N(C)CC1CCOC1)c1cccc(OC)c1.I.